The lowest BCUT2D eigenvalue weighted by molar-refractivity contribution is 0.0950. The van der Waals surface area contributed by atoms with Gasteiger partial charge in [-0.3, -0.25) is 4.79 Å². The van der Waals surface area contributed by atoms with Gasteiger partial charge in [0.15, 0.2) is 0 Å². The number of halogens is 1. The van der Waals surface area contributed by atoms with Crippen molar-refractivity contribution in [2.45, 2.75) is 13.5 Å². The van der Waals surface area contributed by atoms with E-state index in [-0.39, 0.29) is 5.91 Å². The van der Waals surface area contributed by atoms with Gasteiger partial charge >= 0.3 is 0 Å². The molecule has 1 amide bonds. The lowest BCUT2D eigenvalue weighted by atomic mass is 10.1. The standard InChI is InChI=1S/C16H15ClN2OS/c1-11-13(5-2-6-14(11)17)16(20)19-10-15-12(4-3-8-18)7-9-21-15/h2,5-7,9H,8,10,18H2,1H3,(H,19,20). The first kappa shape index (κ1) is 15.6. The van der Waals surface area contributed by atoms with E-state index in [1.807, 2.05) is 18.4 Å². The molecule has 0 radical (unpaired) electrons. The number of hydrogen-bond acceptors (Lipinski definition) is 3. The van der Waals surface area contributed by atoms with Crippen molar-refractivity contribution in [3.05, 3.63) is 56.2 Å². The summed E-state index contributed by atoms with van der Waals surface area (Å²) in [5.74, 6) is 5.68. The first-order valence-electron chi connectivity index (χ1n) is 6.42. The van der Waals surface area contributed by atoms with Gasteiger partial charge in [-0.1, -0.05) is 29.5 Å². The largest absolute Gasteiger partial charge is 0.347 e. The number of nitrogens with two attached hydrogens (primary N) is 1. The Kier molecular flexibility index (Phi) is 5.40. The van der Waals surface area contributed by atoms with E-state index in [2.05, 4.69) is 17.2 Å². The Balaban J connectivity index is 2.08. The van der Waals surface area contributed by atoms with Gasteiger partial charge in [0.1, 0.15) is 0 Å². The van der Waals surface area contributed by atoms with Gasteiger partial charge in [0, 0.05) is 21.0 Å². The maximum Gasteiger partial charge on any atom is 0.251 e. The Hall–Kier alpha value is -1.80. The molecule has 2 rings (SSSR count). The normalized spacial score (nSPS) is 9.86. The van der Waals surface area contributed by atoms with E-state index >= 15 is 0 Å². The van der Waals surface area contributed by atoms with E-state index in [1.165, 1.54) is 0 Å². The molecule has 3 N–H and O–H groups in total. The Morgan fingerprint density at radius 2 is 2.24 bits per heavy atom. The Bertz CT molecular complexity index is 713. The fraction of sp³-hybridized carbons (Fsp3) is 0.188. The lowest BCUT2D eigenvalue weighted by Gasteiger charge is -2.08. The van der Waals surface area contributed by atoms with Crippen LogP contribution in [0.1, 0.15) is 26.4 Å². The summed E-state index contributed by atoms with van der Waals surface area (Å²) < 4.78 is 0. The molecule has 0 unspecified atom stereocenters. The molecule has 0 spiro atoms. The molecule has 3 nitrogen and oxygen atoms in total. The highest BCUT2D eigenvalue weighted by Gasteiger charge is 2.11. The Morgan fingerprint density at radius 3 is 3.00 bits per heavy atom. The molecule has 5 heteroatoms. The van der Waals surface area contributed by atoms with Crippen molar-refractivity contribution >= 4 is 28.8 Å². The molecule has 0 saturated heterocycles. The summed E-state index contributed by atoms with van der Waals surface area (Å²) in [6.07, 6.45) is 0. The summed E-state index contributed by atoms with van der Waals surface area (Å²) in [6, 6.07) is 7.24. The second-order valence-electron chi connectivity index (χ2n) is 4.36. The molecule has 21 heavy (non-hydrogen) atoms. The highest BCUT2D eigenvalue weighted by Crippen LogP contribution is 2.19. The average molecular weight is 319 g/mol. The molecule has 0 aliphatic rings. The van der Waals surface area contributed by atoms with Gasteiger partial charge in [-0.2, -0.15) is 0 Å². The van der Waals surface area contributed by atoms with Crippen LogP contribution in [0.4, 0.5) is 0 Å². The zero-order chi connectivity index (χ0) is 15.2. The van der Waals surface area contributed by atoms with Crippen LogP contribution in [0.5, 0.6) is 0 Å². The lowest BCUT2D eigenvalue weighted by Crippen LogP contribution is -2.23. The second kappa shape index (κ2) is 7.28. The molecule has 108 valence electrons. The smallest absolute Gasteiger partial charge is 0.251 e. The van der Waals surface area contributed by atoms with Crippen LogP contribution in [0.25, 0.3) is 0 Å². The molecule has 1 heterocycles. The van der Waals surface area contributed by atoms with Gasteiger partial charge in [-0.05, 0) is 36.1 Å². The van der Waals surface area contributed by atoms with Crippen LogP contribution in [0.3, 0.4) is 0 Å². The van der Waals surface area contributed by atoms with Crippen LogP contribution in [0, 0.1) is 18.8 Å². The highest BCUT2D eigenvalue weighted by atomic mass is 35.5. The van der Waals surface area contributed by atoms with E-state index in [9.17, 15) is 4.79 Å². The number of hydrogen-bond donors (Lipinski definition) is 2. The predicted octanol–water partition coefficient (Wildman–Crippen LogP) is 2.95. The number of amides is 1. The number of benzene rings is 1. The summed E-state index contributed by atoms with van der Waals surface area (Å²) in [7, 11) is 0. The van der Waals surface area contributed by atoms with Crippen molar-refractivity contribution in [2.75, 3.05) is 6.54 Å². The van der Waals surface area contributed by atoms with Gasteiger partial charge in [-0.25, -0.2) is 0 Å². The van der Waals surface area contributed by atoms with Gasteiger partial charge in [-0.15, -0.1) is 11.3 Å². The van der Waals surface area contributed by atoms with Crippen molar-refractivity contribution in [1.29, 1.82) is 0 Å². The topological polar surface area (TPSA) is 55.1 Å². The SMILES string of the molecule is Cc1c(Cl)cccc1C(=O)NCc1sccc1C#CCN. The molecule has 1 aromatic heterocycles. The Labute approximate surface area is 133 Å². The van der Waals surface area contributed by atoms with Crippen LogP contribution in [0.15, 0.2) is 29.6 Å². The minimum Gasteiger partial charge on any atom is -0.347 e. The van der Waals surface area contributed by atoms with Crippen LogP contribution in [-0.2, 0) is 6.54 Å². The number of carbonyl (C=O) groups excluding carboxylic acids is 1. The predicted molar refractivity (Wildman–Crippen MR) is 87.6 cm³/mol. The van der Waals surface area contributed by atoms with Gasteiger partial charge in [0.05, 0.1) is 13.1 Å². The fourth-order valence-electron chi connectivity index (χ4n) is 1.84. The van der Waals surface area contributed by atoms with E-state index in [1.54, 1.807) is 29.5 Å². The van der Waals surface area contributed by atoms with Crippen molar-refractivity contribution < 1.29 is 4.79 Å². The third-order valence-electron chi connectivity index (χ3n) is 2.99. The van der Waals surface area contributed by atoms with Crippen molar-refractivity contribution in [3.63, 3.8) is 0 Å². The van der Waals surface area contributed by atoms with Crippen LogP contribution in [0.2, 0.25) is 5.02 Å². The summed E-state index contributed by atoms with van der Waals surface area (Å²) in [4.78, 5) is 13.2. The molecular formula is C16H15ClN2OS. The number of carbonyl (C=O) groups is 1. The molecule has 0 saturated carbocycles. The number of rotatable bonds is 3. The fourth-order valence-corrected chi connectivity index (χ4v) is 2.79. The summed E-state index contributed by atoms with van der Waals surface area (Å²) >= 11 is 7.59. The average Bonchev–Trinajstić information content (AvgIpc) is 2.93. The van der Waals surface area contributed by atoms with E-state index < -0.39 is 0 Å². The molecule has 2 aromatic rings. The zero-order valence-corrected chi connectivity index (χ0v) is 13.1. The van der Waals surface area contributed by atoms with E-state index in [0.717, 1.165) is 16.0 Å². The molecule has 1 aromatic carbocycles. The third kappa shape index (κ3) is 3.85. The van der Waals surface area contributed by atoms with E-state index in [4.69, 9.17) is 17.3 Å². The molecule has 0 bridgehead atoms. The quantitative estimate of drug-likeness (QED) is 0.855. The molecule has 0 fully saturated rings. The first-order chi connectivity index (χ1) is 10.1. The monoisotopic (exact) mass is 318 g/mol. The summed E-state index contributed by atoms with van der Waals surface area (Å²) in [5, 5.41) is 5.44. The zero-order valence-electron chi connectivity index (χ0n) is 11.6. The number of thiophene rings is 1. The molecule has 0 atom stereocenters. The summed E-state index contributed by atoms with van der Waals surface area (Å²) in [5.41, 5.74) is 7.66. The number of nitrogens with one attached hydrogen (secondary N) is 1. The maximum absolute atomic E-state index is 12.2. The van der Waals surface area contributed by atoms with Crippen LogP contribution in [-0.4, -0.2) is 12.5 Å². The molecular weight excluding hydrogens is 304 g/mol. The minimum atomic E-state index is -0.138. The van der Waals surface area contributed by atoms with Crippen molar-refractivity contribution in [1.82, 2.24) is 5.32 Å². The van der Waals surface area contributed by atoms with Gasteiger partial charge in [0.25, 0.3) is 5.91 Å². The van der Waals surface area contributed by atoms with Crippen LogP contribution >= 0.6 is 22.9 Å². The van der Waals surface area contributed by atoms with Crippen molar-refractivity contribution in [2.24, 2.45) is 5.73 Å². The molecule has 0 aliphatic heterocycles. The van der Waals surface area contributed by atoms with Gasteiger partial charge < -0.3 is 11.1 Å². The minimum absolute atomic E-state index is 0.138. The van der Waals surface area contributed by atoms with Crippen LogP contribution < -0.4 is 11.1 Å². The second-order valence-corrected chi connectivity index (χ2v) is 5.77. The van der Waals surface area contributed by atoms with E-state index in [0.29, 0.717) is 23.7 Å². The van der Waals surface area contributed by atoms with Crippen molar-refractivity contribution in [3.8, 4) is 11.8 Å². The maximum atomic E-state index is 12.2. The third-order valence-corrected chi connectivity index (χ3v) is 4.32. The first-order valence-corrected chi connectivity index (χ1v) is 7.68. The van der Waals surface area contributed by atoms with Gasteiger partial charge in [0.2, 0.25) is 0 Å². The molecule has 0 aliphatic carbocycles. The highest BCUT2D eigenvalue weighted by molar-refractivity contribution is 7.10. The Morgan fingerprint density at radius 1 is 1.43 bits per heavy atom. The summed E-state index contributed by atoms with van der Waals surface area (Å²) in [6.45, 7) is 2.60.